The van der Waals surface area contributed by atoms with Gasteiger partial charge < -0.3 is 4.90 Å². The molecule has 1 aliphatic heterocycles. The van der Waals surface area contributed by atoms with E-state index in [9.17, 15) is 14.0 Å². The summed E-state index contributed by atoms with van der Waals surface area (Å²) in [5, 5.41) is 0.480. The van der Waals surface area contributed by atoms with Gasteiger partial charge in [0.15, 0.2) is 0 Å². The molecule has 6 heteroatoms. The lowest BCUT2D eigenvalue weighted by atomic mass is 10.1. The zero-order valence-electron chi connectivity index (χ0n) is 10.6. The number of carbonyl (C=O) groups is 2. The van der Waals surface area contributed by atoms with Crippen LogP contribution in [0.3, 0.4) is 0 Å². The monoisotopic (exact) mass is 323 g/mol. The van der Waals surface area contributed by atoms with E-state index in [-0.39, 0.29) is 27.7 Å². The first-order chi connectivity index (χ1) is 9.99. The van der Waals surface area contributed by atoms with Crippen molar-refractivity contribution in [2.75, 3.05) is 4.90 Å². The van der Waals surface area contributed by atoms with Crippen LogP contribution in [0.5, 0.6) is 0 Å². The molecule has 0 spiro atoms. The largest absolute Gasteiger partial charge is 0.300 e. The molecule has 3 nitrogen and oxygen atoms in total. The van der Waals surface area contributed by atoms with Crippen LogP contribution in [-0.4, -0.2) is 11.7 Å². The molecular weight excluding hydrogens is 316 g/mol. The van der Waals surface area contributed by atoms with Gasteiger partial charge in [0.2, 0.25) is 0 Å². The van der Waals surface area contributed by atoms with Gasteiger partial charge in [0.05, 0.1) is 22.8 Å². The van der Waals surface area contributed by atoms with Crippen LogP contribution < -0.4 is 4.90 Å². The Bertz CT molecular complexity index is 776. The molecule has 2 aromatic rings. The van der Waals surface area contributed by atoms with Crippen LogP contribution in [0.2, 0.25) is 10.0 Å². The van der Waals surface area contributed by atoms with E-state index < -0.39 is 17.5 Å². The lowest BCUT2D eigenvalue weighted by Crippen LogP contribution is -2.29. The van der Waals surface area contributed by atoms with Crippen molar-refractivity contribution in [2.45, 2.75) is 6.54 Å². The lowest BCUT2D eigenvalue weighted by molar-refractivity contribution is -0.114. The Balaban J connectivity index is 2.03. The van der Waals surface area contributed by atoms with Crippen LogP contribution in [0.15, 0.2) is 36.4 Å². The summed E-state index contributed by atoms with van der Waals surface area (Å²) >= 11 is 11.7. The maximum atomic E-state index is 13.8. The second kappa shape index (κ2) is 5.13. The third-order valence-electron chi connectivity index (χ3n) is 3.29. The van der Waals surface area contributed by atoms with Gasteiger partial charge in [0, 0.05) is 10.6 Å². The van der Waals surface area contributed by atoms with Gasteiger partial charge in [0.1, 0.15) is 5.82 Å². The van der Waals surface area contributed by atoms with Gasteiger partial charge in [-0.05, 0) is 24.3 Å². The van der Waals surface area contributed by atoms with Crippen molar-refractivity contribution in [2.24, 2.45) is 0 Å². The molecule has 0 aliphatic carbocycles. The molecule has 0 unspecified atom stereocenters. The first-order valence-electron chi connectivity index (χ1n) is 6.07. The van der Waals surface area contributed by atoms with E-state index in [0.717, 1.165) is 6.07 Å². The summed E-state index contributed by atoms with van der Waals surface area (Å²) in [4.78, 5) is 25.3. The number of ketones is 1. The molecule has 2 aromatic carbocycles. The van der Waals surface area contributed by atoms with Gasteiger partial charge in [-0.15, -0.1) is 0 Å². The van der Waals surface area contributed by atoms with Crippen molar-refractivity contribution >= 4 is 40.6 Å². The fourth-order valence-corrected chi connectivity index (χ4v) is 2.69. The lowest BCUT2D eigenvalue weighted by Gasteiger charge is -2.17. The van der Waals surface area contributed by atoms with E-state index in [1.807, 2.05) is 0 Å². The Morgan fingerprint density at radius 3 is 2.57 bits per heavy atom. The van der Waals surface area contributed by atoms with E-state index in [2.05, 4.69) is 0 Å². The maximum absolute atomic E-state index is 13.8. The van der Waals surface area contributed by atoms with E-state index in [0.29, 0.717) is 5.69 Å². The average molecular weight is 324 g/mol. The molecule has 0 bridgehead atoms. The quantitative estimate of drug-likeness (QED) is 0.787. The highest BCUT2D eigenvalue weighted by Gasteiger charge is 2.37. The van der Waals surface area contributed by atoms with Gasteiger partial charge in [0.25, 0.3) is 11.7 Å². The van der Waals surface area contributed by atoms with E-state index >= 15 is 0 Å². The predicted octanol–water partition coefficient (Wildman–Crippen LogP) is 3.86. The van der Waals surface area contributed by atoms with Crippen LogP contribution in [0.1, 0.15) is 15.9 Å². The highest BCUT2D eigenvalue weighted by Crippen LogP contribution is 2.35. The van der Waals surface area contributed by atoms with Gasteiger partial charge >= 0.3 is 0 Å². The fraction of sp³-hybridized carbons (Fsp3) is 0.0667. The second-order valence-electron chi connectivity index (χ2n) is 4.59. The molecule has 0 saturated heterocycles. The number of fused-ring (bicyclic) bond motifs is 1. The molecule has 0 radical (unpaired) electrons. The van der Waals surface area contributed by atoms with Crippen molar-refractivity contribution in [1.29, 1.82) is 0 Å². The van der Waals surface area contributed by atoms with Gasteiger partial charge in [-0.3, -0.25) is 9.59 Å². The van der Waals surface area contributed by atoms with E-state index in [4.69, 9.17) is 23.2 Å². The number of benzene rings is 2. The first-order valence-corrected chi connectivity index (χ1v) is 6.83. The number of carbonyl (C=O) groups excluding carboxylic acids is 2. The van der Waals surface area contributed by atoms with Gasteiger partial charge in [-0.25, -0.2) is 4.39 Å². The van der Waals surface area contributed by atoms with E-state index in [1.54, 1.807) is 12.1 Å². The number of halogens is 3. The number of hydrogen-bond donors (Lipinski definition) is 0. The summed E-state index contributed by atoms with van der Waals surface area (Å²) in [5.74, 6) is -1.92. The van der Waals surface area contributed by atoms with Crippen LogP contribution >= 0.6 is 23.2 Å². The molecule has 0 saturated carbocycles. The van der Waals surface area contributed by atoms with Crippen LogP contribution in [0.25, 0.3) is 0 Å². The summed E-state index contributed by atoms with van der Waals surface area (Å²) in [6.45, 7) is -0.0546. The number of hydrogen-bond acceptors (Lipinski definition) is 2. The van der Waals surface area contributed by atoms with Crippen LogP contribution in [-0.2, 0) is 11.3 Å². The van der Waals surface area contributed by atoms with Crippen molar-refractivity contribution < 1.29 is 14.0 Å². The molecule has 3 rings (SSSR count). The molecular formula is C15H8Cl2FNO2. The minimum atomic E-state index is -0.715. The summed E-state index contributed by atoms with van der Waals surface area (Å²) < 4.78 is 13.8. The highest BCUT2D eigenvalue weighted by molar-refractivity contribution is 6.55. The topological polar surface area (TPSA) is 37.4 Å². The second-order valence-corrected chi connectivity index (χ2v) is 5.43. The minimum absolute atomic E-state index is 0.0546. The Kier molecular flexibility index (Phi) is 3.43. The first kappa shape index (κ1) is 14.0. The number of anilines is 1. The Hall–Kier alpha value is -1.91. The standard InChI is InChI=1S/C15H8Cl2FNO2/c16-9-5-4-8(11(18)6-9)7-19-12-3-1-2-10(17)13(12)14(20)15(19)21/h1-6H,7H2. The molecule has 1 heterocycles. The minimum Gasteiger partial charge on any atom is -0.300 e. The summed E-state index contributed by atoms with van der Waals surface area (Å²) in [5.41, 5.74) is 0.832. The number of nitrogens with zero attached hydrogens (tertiary/aromatic N) is 1. The van der Waals surface area contributed by atoms with Crippen molar-refractivity contribution in [1.82, 2.24) is 0 Å². The van der Waals surface area contributed by atoms with Gasteiger partial charge in [-0.1, -0.05) is 35.3 Å². The smallest absolute Gasteiger partial charge is 0.299 e. The third-order valence-corrected chi connectivity index (χ3v) is 3.84. The molecule has 21 heavy (non-hydrogen) atoms. The zero-order valence-corrected chi connectivity index (χ0v) is 12.1. The molecule has 1 aliphatic rings. The van der Waals surface area contributed by atoms with Crippen LogP contribution in [0.4, 0.5) is 10.1 Å². The third kappa shape index (κ3) is 2.30. The summed E-state index contributed by atoms with van der Waals surface area (Å²) in [7, 11) is 0. The molecule has 0 atom stereocenters. The summed E-state index contributed by atoms with van der Waals surface area (Å²) in [6.07, 6.45) is 0. The number of amides is 1. The highest BCUT2D eigenvalue weighted by atomic mass is 35.5. The predicted molar refractivity (Wildman–Crippen MR) is 78.4 cm³/mol. The van der Waals surface area contributed by atoms with E-state index in [1.165, 1.54) is 23.1 Å². The molecule has 0 aromatic heterocycles. The molecule has 0 N–H and O–H groups in total. The van der Waals surface area contributed by atoms with Gasteiger partial charge in [-0.2, -0.15) is 0 Å². The Morgan fingerprint density at radius 2 is 1.86 bits per heavy atom. The van der Waals surface area contributed by atoms with Crippen molar-refractivity contribution in [3.8, 4) is 0 Å². The van der Waals surface area contributed by atoms with Crippen molar-refractivity contribution in [3.05, 3.63) is 63.4 Å². The normalized spacial score (nSPS) is 13.8. The SMILES string of the molecule is O=C1C(=O)N(Cc2ccc(Cl)cc2F)c2cccc(Cl)c21. The Labute approximate surface area is 129 Å². The zero-order chi connectivity index (χ0) is 15.1. The number of Topliss-reactive ketones (excluding diaryl/α,β-unsaturated/α-hetero) is 1. The number of rotatable bonds is 2. The molecule has 0 fully saturated rings. The van der Waals surface area contributed by atoms with Crippen molar-refractivity contribution in [3.63, 3.8) is 0 Å². The summed E-state index contributed by atoms with van der Waals surface area (Å²) in [6, 6.07) is 8.96. The Morgan fingerprint density at radius 1 is 1.10 bits per heavy atom. The van der Waals surface area contributed by atoms with Crippen LogP contribution in [0, 0.1) is 5.82 Å². The molecule has 1 amide bonds. The average Bonchev–Trinajstić information content (AvgIpc) is 2.68. The fourth-order valence-electron chi connectivity index (χ4n) is 2.28. The molecule has 106 valence electrons. The maximum Gasteiger partial charge on any atom is 0.299 e.